The molecule has 3 rings (SSSR count). The standard InChI is InChI=1S/C23H25N5O2/c1-25-14-4-5-21-27-22(16-6-10-18(29-2)11-7-16)20(15-24)23(28-21)26-17-8-12-19(30-3)13-9-17/h6-13,25H,4-5,14H2,1-3H3,(H,26,27,28). The van der Waals surface area contributed by atoms with Gasteiger partial charge in [-0.3, -0.25) is 0 Å². The lowest BCUT2D eigenvalue weighted by Crippen LogP contribution is -2.11. The topological polar surface area (TPSA) is 92.1 Å². The first-order valence-corrected chi connectivity index (χ1v) is 9.69. The third-order valence-electron chi connectivity index (χ3n) is 4.61. The molecule has 0 fully saturated rings. The lowest BCUT2D eigenvalue weighted by Gasteiger charge is -2.14. The summed E-state index contributed by atoms with van der Waals surface area (Å²) in [6.45, 7) is 0.864. The highest BCUT2D eigenvalue weighted by atomic mass is 16.5. The first-order valence-electron chi connectivity index (χ1n) is 9.69. The second-order valence-corrected chi connectivity index (χ2v) is 6.61. The Hall–Kier alpha value is -3.63. The van der Waals surface area contributed by atoms with Crippen molar-refractivity contribution in [3.05, 3.63) is 59.9 Å². The molecule has 1 aromatic heterocycles. The highest BCUT2D eigenvalue weighted by molar-refractivity contribution is 5.75. The molecule has 1 heterocycles. The third-order valence-corrected chi connectivity index (χ3v) is 4.61. The molecular weight excluding hydrogens is 378 g/mol. The molecule has 30 heavy (non-hydrogen) atoms. The van der Waals surface area contributed by atoms with Gasteiger partial charge in [0.1, 0.15) is 29.0 Å². The molecule has 0 saturated carbocycles. The number of nitrogens with zero attached hydrogens (tertiary/aromatic N) is 3. The van der Waals surface area contributed by atoms with E-state index in [2.05, 4.69) is 21.7 Å². The quantitative estimate of drug-likeness (QED) is 0.523. The van der Waals surface area contributed by atoms with E-state index in [4.69, 9.17) is 14.5 Å². The lowest BCUT2D eigenvalue weighted by molar-refractivity contribution is 0.415. The summed E-state index contributed by atoms with van der Waals surface area (Å²) in [6.07, 6.45) is 1.60. The van der Waals surface area contributed by atoms with Crippen LogP contribution in [0.1, 0.15) is 17.8 Å². The SMILES string of the molecule is CNCCCc1nc(Nc2ccc(OC)cc2)c(C#N)c(-c2ccc(OC)cc2)n1. The molecule has 0 aliphatic carbocycles. The highest BCUT2D eigenvalue weighted by Crippen LogP contribution is 2.30. The van der Waals surface area contributed by atoms with Crippen LogP contribution in [0, 0.1) is 11.3 Å². The molecule has 7 nitrogen and oxygen atoms in total. The van der Waals surface area contributed by atoms with E-state index in [0.29, 0.717) is 29.3 Å². The zero-order valence-electron chi connectivity index (χ0n) is 17.4. The van der Waals surface area contributed by atoms with Crippen LogP contribution >= 0.6 is 0 Å². The molecule has 0 bridgehead atoms. The maximum atomic E-state index is 9.90. The van der Waals surface area contributed by atoms with Gasteiger partial charge in [0.25, 0.3) is 0 Å². The van der Waals surface area contributed by atoms with E-state index >= 15 is 0 Å². The molecule has 0 unspecified atom stereocenters. The minimum atomic E-state index is 0.397. The summed E-state index contributed by atoms with van der Waals surface area (Å²) >= 11 is 0. The average Bonchev–Trinajstić information content (AvgIpc) is 2.79. The predicted octanol–water partition coefficient (Wildman–Crippen LogP) is 3.93. The molecule has 0 radical (unpaired) electrons. The van der Waals surface area contributed by atoms with Crippen LogP contribution in [0.3, 0.4) is 0 Å². The number of hydrogen-bond acceptors (Lipinski definition) is 7. The maximum absolute atomic E-state index is 9.90. The summed E-state index contributed by atoms with van der Waals surface area (Å²) in [5, 5.41) is 16.3. The molecule has 0 saturated heterocycles. The van der Waals surface area contributed by atoms with E-state index < -0.39 is 0 Å². The fraction of sp³-hybridized carbons (Fsp3) is 0.261. The van der Waals surface area contributed by atoms with Gasteiger partial charge in [-0.2, -0.15) is 5.26 Å². The number of methoxy groups -OCH3 is 2. The molecular formula is C23H25N5O2. The van der Waals surface area contributed by atoms with E-state index in [-0.39, 0.29) is 0 Å². The monoisotopic (exact) mass is 403 g/mol. The Morgan fingerprint density at radius 1 is 0.933 bits per heavy atom. The van der Waals surface area contributed by atoms with E-state index in [1.54, 1.807) is 14.2 Å². The summed E-state index contributed by atoms with van der Waals surface area (Å²) in [4.78, 5) is 9.35. The number of aryl methyl sites for hydroxylation is 1. The van der Waals surface area contributed by atoms with Crippen LogP contribution in [0.4, 0.5) is 11.5 Å². The van der Waals surface area contributed by atoms with Gasteiger partial charge in [0.05, 0.1) is 19.9 Å². The van der Waals surface area contributed by atoms with Gasteiger partial charge in [-0.15, -0.1) is 0 Å². The Balaban J connectivity index is 2.03. The highest BCUT2D eigenvalue weighted by Gasteiger charge is 2.16. The van der Waals surface area contributed by atoms with Gasteiger partial charge < -0.3 is 20.1 Å². The lowest BCUT2D eigenvalue weighted by atomic mass is 10.1. The van der Waals surface area contributed by atoms with Gasteiger partial charge in [-0.05, 0) is 68.5 Å². The Kier molecular flexibility index (Phi) is 7.19. The molecule has 0 spiro atoms. The number of nitrogens with one attached hydrogen (secondary N) is 2. The molecule has 154 valence electrons. The number of hydrogen-bond donors (Lipinski definition) is 2. The van der Waals surface area contributed by atoms with Crippen molar-refractivity contribution in [1.82, 2.24) is 15.3 Å². The van der Waals surface area contributed by atoms with Crippen LogP contribution in [0.5, 0.6) is 11.5 Å². The summed E-state index contributed by atoms with van der Waals surface area (Å²) in [7, 11) is 5.16. The average molecular weight is 403 g/mol. The van der Waals surface area contributed by atoms with Crippen molar-refractivity contribution in [3.8, 4) is 28.8 Å². The van der Waals surface area contributed by atoms with Crippen molar-refractivity contribution in [2.24, 2.45) is 0 Å². The molecule has 2 N–H and O–H groups in total. The first kappa shape index (κ1) is 21.1. The van der Waals surface area contributed by atoms with Crippen molar-refractivity contribution < 1.29 is 9.47 Å². The molecule has 0 aliphatic rings. The zero-order valence-corrected chi connectivity index (χ0v) is 17.4. The van der Waals surface area contributed by atoms with E-state index in [0.717, 1.165) is 35.7 Å². The van der Waals surface area contributed by atoms with Crippen molar-refractivity contribution >= 4 is 11.5 Å². The number of benzene rings is 2. The number of aromatic nitrogens is 2. The Bertz CT molecular complexity index is 1010. The van der Waals surface area contributed by atoms with Gasteiger partial charge in [0.2, 0.25) is 0 Å². The van der Waals surface area contributed by atoms with Crippen LogP contribution in [0.15, 0.2) is 48.5 Å². The third kappa shape index (κ3) is 5.04. The Morgan fingerprint density at radius 2 is 1.57 bits per heavy atom. The van der Waals surface area contributed by atoms with Crippen LogP contribution in [0.25, 0.3) is 11.3 Å². The van der Waals surface area contributed by atoms with Crippen LogP contribution in [0.2, 0.25) is 0 Å². The minimum Gasteiger partial charge on any atom is -0.497 e. The number of rotatable bonds is 9. The van der Waals surface area contributed by atoms with Crippen molar-refractivity contribution in [2.75, 3.05) is 33.1 Å². The number of ether oxygens (including phenoxy) is 2. The molecule has 2 aromatic carbocycles. The fourth-order valence-electron chi connectivity index (χ4n) is 3.01. The first-order chi connectivity index (χ1) is 14.7. The Labute approximate surface area is 176 Å². The maximum Gasteiger partial charge on any atom is 0.152 e. The summed E-state index contributed by atoms with van der Waals surface area (Å²) < 4.78 is 10.5. The molecule has 0 atom stereocenters. The van der Waals surface area contributed by atoms with Gasteiger partial charge in [-0.1, -0.05) is 0 Å². The van der Waals surface area contributed by atoms with E-state index in [1.165, 1.54) is 0 Å². The predicted molar refractivity (Wildman–Crippen MR) is 117 cm³/mol. The normalized spacial score (nSPS) is 10.3. The molecule has 7 heteroatoms. The van der Waals surface area contributed by atoms with Gasteiger partial charge in [0.15, 0.2) is 5.82 Å². The smallest absolute Gasteiger partial charge is 0.152 e. The van der Waals surface area contributed by atoms with Gasteiger partial charge in [-0.25, -0.2) is 9.97 Å². The zero-order chi connectivity index (χ0) is 21.3. The van der Waals surface area contributed by atoms with Gasteiger partial charge in [0, 0.05) is 17.7 Å². The second-order valence-electron chi connectivity index (χ2n) is 6.61. The summed E-state index contributed by atoms with van der Waals surface area (Å²) in [6, 6.07) is 17.3. The van der Waals surface area contributed by atoms with Crippen molar-refractivity contribution in [1.29, 1.82) is 5.26 Å². The van der Waals surface area contributed by atoms with Crippen LogP contribution < -0.4 is 20.1 Å². The Morgan fingerprint density at radius 3 is 2.13 bits per heavy atom. The van der Waals surface area contributed by atoms with Crippen LogP contribution in [-0.4, -0.2) is 37.8 Å². The largest absolute Gasteiger partial charge is 0.497 e. The number of nitriles is 1. The van der Waals surface area contributed by atoms with Crippen molar-refractivity contribution in [3.63, 3.8) is 0 Å². The minimum absolute atomic E-state index is 0.397. The molecule has 0 amide bonds. The second kappa shape index (κ2) is 10.2. The molecule has 3 aromatic rings. The van der Waals surface area contributed by atoms with Gasteiger partial charge >= 0.3 is 0 Å². The fourth-order valence-corrected chi connectivity index (χ4v) is 3.01. The van der Waals surface area contributed by atoms with E-state index in [1.807, 2.05) is 55.6 Å². The van der Waals surface area contributed by atoms with E-state index in [9.17, 15) is 5.26 Å². The number of anilines is 2. The molecule has 0 aliphatic heterocycles. The van der Waals surface area contributed by atoms with Crippen LogP contribution in [-0.2, 0) is 6.42 Å². The van der Waals surface area contributed by atoms with Crippen molar-refractivity contribution in [2.45, 2.75) is 12.8 Å². The summed E-state index contributed by atoms with van der Waals surface area (Å²) in [5.74, 6) is 2.68. The summed E-state index contributed by atoms with van der Waals surface area (Å²) in [5.41, 5.74) is 2.65.